The SMILES string of the molecule is Nc1nc(-c2ccccc2)c2cccnc2n1. The minimum absolute atomic E-state index is 0.245. The first-order valence-corrected chi connectivity index (χ1v) is 5.28. The Bertz CT molecular complexity index is 665. The summed E-state index contributed by atoms with van der Waals surface area (Å²) in [6, 6.07) is 13.7. The Morgan fingerprint density at radius 3 is 2.53 bits per heavy atom. The lowest BCUT2D eigenvalue weighted by Gasteiger charge is -2.05. The quantitative estimate of drug-likeness (QED) is 0.686. The minimum atomic E-state index is 0.245. The van der Waals surface area contributed by atoms with Crippen LogP contribution in [0.5, 0.6) is 0 Å². The maximum absolute atomic E-state index is 5.70. The van der Waals surface area contributed by atoms with Crippen molar-refractivity contribution in [3.8, 4) is 11.3 Å². The Morgan fingerprint density at radius 1 is 0.882 bits per heavy atom. The molecule has 0 spiro atoms. The van der Waals surface area contributed by atoms with Crippen molar-refractivity contribution < 1.29 is 0 Å². The molecule has 2 N–H and O–H groups in total. The van der Waals surface area contributed by atoms with Gasteiger partial charge < -0.3 is 5.73 Å². The maximum atomic E-state index is 5.70. The molecule has 0 bridgehead atoms. The van der Waals surface area contributed by atoms with Crippen molar-refractivity contribution in [2.45, 2.75) is 0 Å². The molecule has 4 heteroatoms. The molecule has 0 aliphatic rings. The summed E-state index contributed by atoms with van der Waals surface area (Å²) in [6.07, 6.45) is 1.70. The van der Waals surface area contributed by atoms with Gasteiger partial charge in [0.15, 0.2) is 5.65 Å². The molecule has 1 aromatic carbocycles. The second-order valence-electron chi connectivity index (χ2n) is 3.67. The number of nitrogen functional groups attached to an aromatic ring is 1. The lowest BCUT2D eigenvalue weighted by molar-refractivity contribution is 1.20. The Kier molecular flexibility index (Phi) is 2.19. The van der Waals surface area contributed by atoms with Gasteiger partial charge in [-0.05, 0) is 12.1 Å². The van der Waals surface area contributed by atoms with Crippen LogP contribution in [0.15, 0.2) is 48.7 Å². The third kappa shape index (κ3) is 1.69. The van der Waals surface area contributed by atoms with Crippen molar-refractivity contribution in [3.63, 3.8) is 0 Å². The van der Waals surface area contributed by atoms with Crippen molar-refractivity contribution in [3.05, 3.63) is 48.7 Å². The van der Waals surface area contributed by atoms with Crippen LogP contribution in [0.1, 0.15) is 0 Å². The van der Waals surface area contributed by atoms with Crippen molar-refractivity contribution in [1.29, 1.82) is 0 Å². The van der Waals surface area contributed by atoms with Gasteiger partial charge in [-0.25, -0.2) is 9.97 Å². The van der Waals surface area contributed by atoms with Crippen LogP contribution in [0.2, 0.25) is 0 Å². The van der Waals surface area contributed by atoms with Crippen molar-refractivity contribution in [2.75, 3.05) is 5.73 Å². The lowest BCUT2D eigenvalue weighted by Crippen LogP contribution is -1.99. The van der Waals surface area contributed by atoms with E-state index in [4.69, 9.17) is 5.73 Å². The second-order valence-corrected chi connectivity index (χ2v) is 3.67. The molecule has 0 saturated heterocycles. The van der Waals surface area contributed by atoms with E-state index in [1.54, 1.807) is 6.20 Å². The zero-order chi connectivity index (χ0) is 11.7. The molecule has 0 atom stereocenters. The average molecular weight is 222 g/mol. The summed E-state index contributed by atoms with van der Waals surface area (Å²) in [5.74, 6) is 0.245. The van der Waals surface area contributed by atoms with Gasteiger partial charge >= 0.3 is 0 Å². The molecule has 0 aliphatic heterocycles. The van der Waals surface area contributed by atoms with E-state index in [2.05, 4.69) is 15.0 Å². The number of aromatic nitrogens is 3. The van der Waals surface area contributed by atoms with Crippen molar-refractivity contribution in [1.82, 2.24) is 15.0 Å². The third-order valence-corrected chi connectivity index (χ3v) is 2.54. The Balaban J connectivity index is 2.36. The van der Waals surface area contributed by atoms with E-state index in [0.29, 0.717) is 5.65 Å². The predicted molar refractivity (Wildman–Crippen MR) is 67.2 cm³/mol. The van der Waals surface area contributed by atoms with Crippen LogP contribution in [0.4, 0.5) is 5.95 Å². The van der Waals surface area contributed by atoms with Gasteiger partial charge in [0.05, 0.1) is 5.69 Å². The fraction of sp³-hybridized carbons (Fsp3) is 0. The predicted octanol–water partition coefficient (Wildman–Crippen LogP) is 2.27. The fourth-order valence-corrected chi connectivity index (χ4v) is 1.80. The van der Waals surface area contributed by atoms with Crippen molar-refractivity contribution in [2.24, 2.45) is 0 Å². The first-order valence-electron chi connectivity index (χ1n) is 5.28. The molecule has 4 nitrogen and oxygen atoms in total. The monoisotopic (exact) mass is 222 g/mol. The molecule has 0 fully saturated rings. The lowest BCUT2D eigenvalue weighted by atomic mass is 10.1. The number of hydrogen-bond acceptors (Lipinski definition) is 4. The summed E-state index contributed by atoms with van der Waals surface area (Å²) in [4.78, 5) is 12.6. The maximum Gasteiger partial charge on any atom is 0.222 e. The molecule has 0 aliphatic carbocycles. The van der Waals surface area contributed by atoms with Gasteiger partial charge in [-0.3, -0.25) is 0 Å². The van der Waals surface area contributed by atoms with Crippen LogP contribution < -0.4 is 5.73 Å². The van der Waals surface area contributed by atoms with Crippen LogP contribution in [-0.2, 0) is 0 Å². The molecular weight excluding hydrogens is 212 g/mol. The summed E-state index contributed by atoms with van der Waals surface area (Å²) in [7, 11) is 0. The van der Waals surface area contributed by atoms with Crippen LogP contribution in [0.25, 0.3) is 22.3 Å². The molecule has 0 saturated carbocycles. The van der Waals surface area contributed by atoms with E-state index < -0.39 is 0 Å². The molecule has 0 amide bonds. The van der Waals surface area contributed by atoms with Gasteiger partial charge in [0.1, 0.15) is 0 Å². The summed E-state index contributed by atoms with van der Waals surface area (Å²) in [5, 5.41) is 0.910. The Morgan fingerprint density at radius 2 is 1.71 bits per heavy atom. The fourth-order valence-electron chi connectivity index (χ4n) is 1.80. The highest BCUT2D eigenvalue weighted by Gasteiger charge is 2.07. The minimum Gasteiger partial charge on any atom is -0.368 e. The number of fused-ring (bicyclic) bond motifs is 1. The topological polar surface area (TPSA) is 64.7 Å². The Labute approximate surface area is 98.2 Å². The molecule has 0 unspecified atom stereocenters. The standard InChI is InChI=1S/C13H10N4/c14-13-16-11(9-5-2-1-3-6-9)10-7-4-8-15-12(10)17-13/h1-8H,(H2,14,15,16,17). The van der Waals surface area contributed by atoms with E-state index in [9.17, 15) is 0 Å². The zero-order valence-electron chi connectivity index (χ0n) is 9.04. The number of nitrogens with two attached hydrogens (primary N) is 1. The van der Waals surface area contributed by atoms with Gasteiger partial charge in [0.2, 0.25) is 5.95 Å². The number of benzene rings is 1. The molecule has 2 aromatic heterocycles. The molecule has 3 rings (SSSR count). The first-order chi connectivity index (χ1) is 8.34. The van der Waals surface area contributed by atoms with Crippen LogP contribution in [0.3, 0.4) is 0 Å². The number of nitrogens with zero attached hydrogens (tertiary/aromatic N) is 3. The largest absolute Gasteiger partial charge is 0.368 e. The van der Waals surface area contributed by atoms with Crippen LogP contribution in [-0.4, -0.2) is 15.0 Å². The molecule has 82 valence electrons. The highest BCUT2D eigenvalue weighted by Crippen LogP contribution is 2.24. The van der Waals surface area contributed by atoms with E-state index >= 15 is 0 Å². The van der Waals surface area contributed by atoms with E-state index in [1.165, 1.54) is 0 Å². The van der Waals surface area contributed by atoms with Gasteiger partial charge in [0.25, 0.3) is 0 Å². The van der Waals surface area contributed by atoms with Gasteiger partial charge in [0, 0.05) is 17.1 Å². The molecule has 2 heterocycles. The van der Waals surface area contributed by atoms with Gasteiger partial charge in [-0.1, -0.05) is 30.3 Å². The molecular formula is C13H10N4. The highest BCUT2D eigenvalue weighted by molar-refractivity contribution is 5.90. The second kappa shape index (κ2) is 3.83. The summed E-state index contributed by atoms with van der Waals surface area (Å²) in [5.41, 5.74) is 8.16. The molecule has 3 aromatic rings. The van der Waals surface area contributed by atoms with Crippen LogP contribution in [0, 0.1) is 0 Å². The number of hydrogen-bond donors (Lipinski definition) is 1. The normalized spacial score (nSPS) is 10.6. The number of anilines is 1. The summed E-state index contributed by atoms with van der Waals surface area (Å²) >= 11 is 0. The molecule has 17 heavy (non-hydrogen) atoms. The highest BCUT2D eigenvalue weighted by atomic mass is 15.0. The van der Waals surface area contributed by atoms with Crippen molar-refractivity contribution >= 4 is 17.0 Å². The summed E-state index contributed by atoms with van der Waals surface area (Å²) in [6.45, 7) is 0. The van der Waals surface area contributed by atoms with E-state index in [1.807, 2.05) is 42.5 Å². The zero-order valence-corrected chi connectivity index (χ0v) is 9.04. The Hall–Kier alpha value is -2.49. The first kappa shape index (κ1) is 9.72. The van der Waals surface area contributed by atoms with E-state index in [-0.39, 0.29) is 5.95 Å². The molecule has 0 radical (unpaired) electrons. The average Bonchev–Trinajstić information content (AvgIpc) is 2.39. The number of pyridine rings is 1. The summed E-state index contributed by atoms with van der Waals surface area (Å²) < 4.78 is 0. The van der Waals surface area contributed by atoms with Crippen LogP contribution >= 0.6 is 0 Å². The van der Waals surface area contributed by atoms with E-state index in [0.717, 1.165) is 16.6 Å². The third-order valence-electron chi connectivity index (χ3n) is 2.54. The van der Waals surface area contributed by atoms with Gasteiger partial charge in [-0.15, -0.1) is 0 Å². The van der Waals surface area contributed by atoms with Gasteiger partial charge in [-0.2, -0.15) is 4.98 Å². The number of rotatable bonds is 1. The smallest absolute Gasteiger partial charge is 0.222 e.